The number of anilines is 1. The second-order valence-electron chi connectivity index (χ2n) is 6.17. The van der Waals surface area contributed by atoms with Gasteiger partial charge in [-0.25, -0.2) is 17.2 Å². The maximum absolute atomic E-state index is 13.8. The van der Waals surface area contributed by atoms with Crippen molar-refractivity contribution in [1.82, 2.24) is 0 Å². The molecule has 3 aromatic carbocycles. The Morgan fingerprint density at radius 2 is 1.45 bits per heavy atom. The number of ether oxygens (including phenoxy) is 2. The average molecular weight is 419 g/mol. The fraction of sp³-hybridized carbons (Fsp3) is 0.143. The van der Waals surface area contributed by atoms with Crippen molar-refractivity contribution in [3.8, 4) is 11.5 Å². The van der Waals surface area contributed by atoms with Crippen molar-refractivity contribution < 1.29 is 26.7 Å². The maximum Gasteiger partial charge on any atom is 0.264 e. The lowest BCUT2D eigenvalue weighted by molar-refractivity contribution is 0.393. The number of methoxy groups -OCH3 is 2. The molecule has 3 aromatic rings. The molecule has 0 aromatic heterocycles. The molecule has 0 fully saturated rings. The first kappa shape index (κ1) is 20.6. The molecule has 0 radical (unpaired) electrons. The molecule has 0 saturated carbocycles. The van der Waals surface area contributed by atoms with E-state index in [1.165, 1.54) is 44.6 Å². The maximum atomic E-state index is 13.8. The summed E-state index contributed by atoms with van der Waals surface area (Å²) >= 11 is 0. The van der Waals surface area contributed by atoms with Crippen LogP contribution in [0.1, 0.15) is 5.56 Å². The highest BCUT2D eigenvalue weighted by atomic mass is 32.2. The van der Waals surface area contributed by atoms with E-state index in [1.807, 2.05) is 0 Å². The van der Waals surface area contributed by atoms with E-state index < -0.39 is 21.7 Å². The predicted octanol–water partition coefficient (Wildman–Crippen LogP) is 4.38. The molecule has 0 saturated heterocycles. The second-order valence-corrected chi connectivity index (χ2v) is 8.03. The van der Waals surface area contributed by atoms with E-state index in [-0.39, 0.29) is 17.1 Å². The van der Waals surface area contributed by atoms with Crippen LogP contribution in [-0.4, -0.2) is 22.6 Å². The first-order valence-electron chi connectivity index (χ1n) is 8.59. The minimum absolute atomic E-state index is 0.113. The molecule has 5 nitrogen and oxygen atoms in total. The first-order valence-corrected chi connectivity index (χ1v) is 10.0. The van der Waals surface area contributed by atoms with Crippen LogP contribution in [0.4, 0.5) is 14.5 Å². The third-order valence-corrected chi connectivity index (χ3v) is 6.02. The Balaban J connectivity index is 2.10. The van der Waals surface area contributed by atoms with Gasteiger partial charge in [0.2, 0.25) is 0 Å². The zero-order valence-corrected chi connectivity index (χ0v) is 16.6. The highest BCUT2D eigenvalue weighted by molar-refractivity contribution is 7.92. The van der Waals surface area contributed by atoms with Gasteiger partial charge in [-0.3, -0.25) is 4.31 Å². The van der Waals surface area contributed by atoms with Crippen LogP contribution in [0.2, 0.25) is 0 Å². The molecule has 0 unspecified atom stereocenters. The smallest absolute Gasteiger partial charge is 0.264 e. The number of halogens is 2. The van der Waals surface area contributed by atoms with E-state index in [0.29, 0.717) is 17.1 Å². The van der Waals surface area contributed by atoms with Crippen LogP contribution in [0.15, 0.2) is 71.6 Å². The molecule has 0 aliphatic heterocycles. The molecule has 0 atom stereocenters. The van der Waals surface area contributed by atoms with Crippen molar-refractivity contribution in [2.24, 2.45) is 0 Å². The third kappa shape index (κ3) is 4.65. The number of benzene rings is 3. The normalized spacial score (nSPS) is 11.2. The summed E-state index contributed by atoms with van der Waals surface area (Å²) in [6.07, 6.45) is 0. The van der Waals surface area contributed by atoms with Crippen LogP contribution in [0.5, 0.6) is 11.5 Å². The van der Waals surface area contributed by atoms with Crippen LogP contribution in [0.25, 0.3) is 0 Å². The zero-order valence-electron chi connectivity index (χ0n) is 15.8. The number of rotatable bonds is 7. The van der Waals surface area contributed by atoms with E-state index in [0.717, 1.165) is 22.5 Å². The first-order chi connectivity index (χ1) is 13.8. The minimum Gasteiger partial charge on any atom is -0.497 e. The highest BCUT2D eigenvalue weighted by Crippen LogP contribution is 2.29. The Morgan fingerprint density at radius 1 is 0.828 bits per heavy atom. The fourth-order valence-corrected chi connectivity index (χ4v) is 4.25. The number of nitrogens with zero attached hydrogens (tertiary/aromatic N) is 1. The Kier molecular flexibility index (Phi) is 6.03. The lowest BCUT2D eigenvalue weighted by Crippen LogP contribution is -2.30. The van der Waals surface area contributed by atoms with E-state index in [1.54, 1.807) is 18.2 Å². The molecule has 0 amide bonds. The Bertz CT molecular complexity index is 1080. The summed E-state index contributed by atoms with van der Waals surface area (Å²) in [4.78, 5) is -0.113. The van der Waals surface area contributed by atoms with Gasteiger partial charge in [0.15, 0.2) is 0 Å². The van der Waals surface area contributed by atoms with Crippen molar-refractivity contribution in [2.75, 3.05) is 18.5 Å². The molecule has 0 N–H and O–H groups in total. The Hall–Kier alpha value is -3.13. The molecule has 0 spiro atoms. The summed E-state index contributed by atoms with van der Waals surface area (Å²) in [6.45, 7) is -0.114. The standard InChI is InChI=1S/C21H19F2NO4S/c1-27-19-10-15(11-20(13-19)28-2)14-24(18-5-3-4-17(23)12-18)29(25,26)21-8-6-16(22)7-9-21/h3-13H,14H2,1-2H3. The summed E-state index contributed by atoms with van der Waals surface area (Å²) in [7, 11) is -1.14. The molecule has 29 heavy (non-hydrogen) atoms. The number of hydrogen-bond acceptors (Lipinski definition) is 4. The van der Waals surface area contributed by atoms with Gasteiger partial charge in [-0.1, -0.05) is 6.07 Å². The van der Waals surface area contributed by atoms with Crippen LogP contribution in [-0.2, 0) is 16.6 Å². The lowest BCUT2D eigenvalue weighted by Gasteiger charge is -2.25. The van der Waals surface area contributed by atoms with Gasteiger partial charge in [-0.15, -0.1) is 0 Å². The van der Waals surface area contributed by atoms with E-state index in [9.17, 15) is 17.2 Å². The third-order valence-electron chi connectivity index (χ3n) is 4.24. The molecular formula is C21H19F2NO4S. The molecule has 3 rings (SSSR count). The topological polar surface area (TPSA) is 55.8 Å². The number of hydrogen-bond donors (Lipinski definition) is 0. The second kappa shape index (κ2) is 8.48. The predicted molar refractivity (Wildman–Crippen MR) is 106 cm³/mol. The van der Waals surface area contributed by atoms with Gasteiger partial charge in [0, 0.05) is 6.07 Å². The molecule has 0 aliphatic carbocycles. The molecule has 0 bridgehead atoms. The van der Waals surface area contributed by atoms with Crippen LogP contribution >= 0.6 is 0 Å². The van der Waals surface area contributed by atoms with Crippen molar-refractivity contribution in [3.05, 3.63) is 83.9 Å². The summed E-state index contributed by atoms with van der Waals surface area (Å²) in [5, 5.41) is 0. The van der Waals surface area contributed by atoms with Crippen molar-refractivity contribution in [2.45, 2.75) is 11.4 Å². The minimum atomic E-state index is -4.11. The van der Waals surface area contributed by atoms with Crippen LogP contribution < -0.4 is 13.8 Å². The summed E-state index contributed by atoms with van der Waals surface area (Å²) in [6, 6.07) is 14.7. The molecule has 152 valence electrons. The SMILES string of the molecule is COc1cc(CN(c2cccc(F)c2)S(=O)(=O)c2ccc(F)cc2)cc(OC)c1. The highest BCUT2D eigenvalue weighted by Gasteiger charge is 2.26. The molecule has 8 heteroatoms. The fourth-order valence-electron chi connectivity index (χ4n) is 2.80. The Morgan fingerprint density at radius 3 is 2.00 bits per heavy atom. The van der Waals surface area contributed by atoms with Gasteiger partial charge in [0.25, 0.3) is 10.0 Å². The zero-order chi connectivity index (χ0) is 21.0. The van der Waals surface area contributed by atoms with Gasteiger partial charge < -0.3 is 9.47 Å². The van der Waals surface area contributed by atoms with E-state index >= 15 is 0 Å². The summed E-state index contributed by atoms with van der Waals surface area (Å²) in [5.41, 5.74) is 0.701. The van der Waals surface area contributed by atoms with Gasteiger partial charge >= 0.3 is 0 Å². The largest absolute Gasteiger partial charge is 0.497 e. The number of sulfonamides is 1. The van der Waals surface area contributed by atoms with Gasteiger partial charge in [0.05, 0.1) is 31.3 Å². The summed E-state index contributed by atoms with van der Waals surface area (Å²) in [5.74, 6) is -0.167. The van der Waals surface area contributed by atoms with E-state index in [2.05, 4.69) is 0 Å². The Labute approximate surface area is 168 Å². The van der Waals surface area contributed by atoms with Crippen molar-refractivity contribution >= 4 is 15.7 Å². The van der Waals surface area contributed by atoms with Crippen LogP contribution in [0.3, 0.4) is 0 Å². The van der Waals surface area contributed by atoms with Crippen LogP contribution in [0, 0.1) is 11.6 Å². The monoisotopic (exact) mass is 419 g/mol. The summed E-state index contributed by atoms with van der Waals surface area (Å²) < 4.78 is 65.2. The lowest BCUT2D eigenvalue weighted by atomic mass is 10.2. The van der Waals surface area contributed by atoms with Gasteiger partial charge in [-0.2, -0.15) is 0 Å². The van der Waals surface area contributed by atoms with Crippen molar-refractivity contribution in [3.63, 3.8) is 0 Å². The van der Waals surface area contributed by atoms with Gasteiger partial charge in [0.1, 0.15) is 23.1 Å². The quantitative estimate of drug-likeness (QED) is 0.570. The van der Waals surface area contributed by atoms with Crippen molar-refractivity contribution in [1.29, 1.82) is 0 Å². The van der Waals surface area contributed by atoms with E-state index in [4.69, 9.17) is 9.47 Å². The average Bonchev–Trinajstić information content (AvgIpc) is 2.71. The molecule has 0 heterocycles. The van der Waals surface area contributed by atoms with Gasteiger partial charge in [-0.05, 0) is 60.2 Å². The molecular weight excluding hydrogens is 400 g/mol. The molecule has 0 aliphatic rings.